The van der Waals surface area contributed by atoms with E-state index in [1.54, 1.807) is 0 Å². The van der Waals surface area contributed by atoms with Gasteiger partial charge in [0.05, 0.1) is 12.7 Å². The van der Waals surface area contributed by atoms with Gasteiger partial charge in [-0.25, -0.2) is 0 Å². The molecular weight excluding hydrogens is 190 g/mol. The van der Waals surface area contributed by atoms with Gasteiger partial charge in [-0.05, 0) is 12.3 Å². The van der Waals surface area contributed by atoms with Gasteiger partial charge in [-0.2, -0.15) is 0 Å². The van der Waals surface area contributed by atoms with Gasteiger partial charge < -0.3 is 15.5 Å². The molecule has 0 amide bonds. The van der Waals surface area contributed by atoms with Crippen molar-refractivity contribution in [3.63, 3.8) is 0 Å². The van der Waals surface area contributed by atoms with E-state index >= 15 is 0 Å². The van der Waals surface area contributed by atoms with Gasteiger partial charge in [0, 0.05) is 13.1 Å². The van der Waals surface area contributed by atoms with E-state index < -0.39 is 0 Å². The van der Waals surface area contributed by atoms with Crippen molar-refractivity contribution in [1.82, 2.24) is 5.32 Å². The van der Waals surface area contributed by atoms with Crippen LogP contribution in [0, 0.1) is 5.92 Å². The van der Waals surface area contributed by atoms with E-state index in [0.717, 1.165) is 12.3 Å². The second-order valence-electron chi connectivity index (χ2n) is 4.67. The van der Waals surface area contributed by atoms with Crippen LogP contribution in [0.5, 0.6) is 0 Å². The van der Waals surface area contributed by atoms with Crippen LogP contribution in [0.15, 0.2) is 0 Å². The quantitative estimate of drug-likeness (QED) is 0.462. The minimum absolute atomic E-state index is 0.149. The van der Waals surface area contributed by atoms with Gasteiger partial charge in [-0.3, -0.25) is 0 Å². The second kappa shape index (κ2) is 8.08. The van der Waals surface area contributed by atoms with E-state index in [1.807, 2.05) is 0 Å². The Hall–Kier alpha value is -0.120. The number of aliphatic hydroxyl groups is 2. The highest BCUT2D eigenvalue weighted by atomic mass is 16.3. The molecule has 1 saturated carbocycles. The van der Waals surface area contributed by atoms with Crippen LogP contribution in [0.2, 0.25) is 0 Å². The smallest absolute Gasteiger partial charge is 0.0667 e. The molecule has 15 heavy (non-hydrogen) atoms. The molecule has 1 rings (SSSR count). The summed E-state index contributed by atoms with van der Waals surface area (Å²) >= 11 is 0. The van der Waals surface area contributed by atoms with E-state index in [4.69, 9.17) is 5.11 Å². The molecular formula is C12H25NO2. The minimum Gasteiger partial charge on any atom is -0.395 e. The first-order chi connectivity index (χ1) is 7.33. The van der Waals surface area contributed by atoms with Crippen LogP contribution >= 0.6 is 0 Å². The molecule has 1 aliphatic rings. The van der Waals surface area contributed by atoms with Crippen molar-refractivity contribution in [2.45, 2.75) is 51.0 Å². The summed E-state index contributed by atoms with van der Waals surface area (Å²) in [5.41, 5.74) is 0. The van der Waals surface area contributed by atoms with Crippen LogP contribution in [0.4, 0.5) is 0 Å². The molecule has 0 aliphatic heterocycles. The molecule has 90 valence electrons. The molecule has 1 aliphatic carbocycles. The van der Waals surface area contributed by atoms with Gasteiger partial charge in [0.2, 0.25) is 0 Å². The number of aliphatic hydroxyl groups excluding tert-OH is 2. The van der Waals surface area contributed by atoms with Crippen LogP contribution in [0.1, 0.15) is 44.9 Å². The number of rotatable bonds is 6. The monoisotopic (exact) mass is 215 g/mol. The van der Waals surface area contributed by atoms with Crippen molar-refractivity contribution in [2.24, 2.45) is 5.92 Å². The fourth-order valence-electron chi connectivity index (χ4n) is 2.42. The minimum atomic E-state index is -0.236. The summed E-state index contributed by atoms with van der Waals surface area (Å²) in [4.78, 5) is 0. The van der Waals surface area contributed by atoms with Crippen molar-refractivity contribution in [3.05, 3.63) is 0 Å². The predicted octanol–water partition coefficient (Wildman–Crippen LogP) is 1.29. The third-order valence-corrected chi connectivity index (χ3v) is 3.25. The van der Waals surface area contributed by atoms with Gasteiger partial charge in [0.25, 0.3) is 0 Å². The standard InChI is InChI=1S/C12H25NO2/c14-8-7-13-10-12(15)9-11-5-3-1-2-4-6-11/h11-15H,1-10H2. The van der Waals surface area contributed by atoms with Gasteiger partial charge in [-0.15, -0.1) is 0 Å². The fourth-order valence-corrected chi connectivity index (χ4v) is 2.42. The molecule has 0 aromatic heterocycles. The number of nitrogens with one attached hydrogen (secondary N) is 1. The van der Waals surface area contributed by atoms with Crippen molar-refractivity contribution in [1.29, 1.82) is 0 Å². The van der Waals surface area contributed by atoms with E-state index in [2.05, 4.69) is 5.32 Å². The predicted molar refractivity (Wildman–Crippen MR) is 61.8 cm³/mol. The Balaban J connectivity index is 2.09. The Morgan fingerprint density at radius 1 is 1.13 bits per heavy atom. The number of hydrogen-bond donors (Lipinski definition) is 3. The molecule has 3 N–H and O–H groups in total. The summed E-state index contributed by atoms with van der Waals surface area (Å²) in [5, 5.41) is 21.4. The maximum Gasteiger partial charge on any atom is 0.0667 e. The molecule has 0 bridgehead atoms. The average molecular weight is 215 g/mol. The molecule has 1 unspecified atom stereocenters. The highest BCUT2D eigenvalue weighted by molar-refractivity contribution is 4.70. The Bertz CT molecular complexity index is 145. The third-order valence-electron chi connectivity index (χ3n) is 3.25. The average Bonchev–Trinajstić information content (AvgIpc) is 2.47. The van der Waals surface area contributed by atoms with E-state index in [9.17, 15) is 5.11 Å². The second-order valence-corrected chi connectivity index (χ2v) is 4.67. The summed E-state index contributed by atoms with van der Waals surface area (Å²) in [6, 6.07) is 0. The first kappa shape index (κ1) is 12.9. The summed E-state index contributed by atoms with van der Waals surface area (Å²) in [5.74, 6) is 0.721. The maximum atomic E-state index is 9.78. The fraction of sp³-hybridized carbons (Fsp3) is 1.00. The van der Waals surface area contributed by atoms with E-state index in [0.29, 0.717) is 13.1 Å². The molecule has 1 atom stereocenters. The third kappa shape index (κ3) is 6.13. The summed E-state index contributed by atoms with van der Waals surface area (Å²) in [6.45, 7) is 1.36. The summed E-state index contributed by atoms with van der Waals surface area (Å²) < 4.78 is 0. The van der Waals surface area contributed by atoms with Gasteiger partial charge >= 0.3 is 0 Å². The molecule has 1 fully saturated rings. The van der Waals surface area contributed by atoms with Crippen LogP contribution in [0.25, 0.3) is 0 Å². The SMILES string of the molecule is OCCNCC(O)CC1CCCCCC1. The number of hydrogen-bond acceptors (Lipinski definition) is 3. The Kier molecular flexibility index (Phi) is 6.98. The zero-order valence-corrected chi connectivity index (χ0v) is 9.62. The first-order valence-corrected chi connectivity index (χ1v) is 6.32. The molecule has 0 radical (unpaired) electrons. The van der Waals surface area contributed by atoms with E-state index in [1.165, 1.54) is 38.5 Å². The van der Waals surface area contributed by atoms with Gasteiger partial charge in [0.1, 0.15) is 0 Å². The van der Waals surface area contributed by atoms with Gasteiger partial charge in [-0.1, -0.05) is 38.5 Å². The lowest BCUT2D eigenvalue weighted by molar-refractivity contribution is 0.133. The van der Waals surface area contributed by atoms with Crippen molar-refractivity contribution < 1.29 is 10.2 Å². The molecule has 0 spiro atoms. The lowest BCUT2D eigenvalue weighted by atomic mass is 9.94. The zero-order chi connectivity index (χ0) is 10.9. The van der Waals surface area contributed by atoms with Crippen LogP contribution in [-0.2, 0) is 0 Å². The first-order valence-electron chi connectivity index (χ1n) is 6.32. The van der Waals surface area contributed by atoms with Crippen molar-refractivity contribution >= 4 is 0 Å². The lowest BCUT2D eigenvalue weighted by Gasteiger charge is -2.18. The molecule has 3 nitrogen and oxygen atoms in total. The van der Waals surface area contributed by atoms with Gasteiger partial charge in [0.15, 0.2) is 0 Å². The van der Waals surface area contributed by atoms with Crippen LogP contribution in [0.3, 0.4) is 0 Å². The highest BCUT2D eigenvalue weighted by Crippen LogP contribution is 2.26. The largest absolute Gasteiger partial charge is 0.395 e. The molecule has 0 saturated heterocycles. The normalized spacial score (nSPS) is 21.2. The molecule has 0 aromatic rings. The summed E-state index contributed by atoms with van der Waals surface area (Å²) in [7, 11) is 0. The van der Waals surface area contributed by atoms with Crippen LogP contribution < -0.4 is 5.32 Å². The Morgan fingerprint density at radius 3 is 2.40 bits per heavy atom. The molecule has 0 aromatic carbocycles. The van der Waals surface area contributed by atoms with Crippen molar-refractivity contribution in [2.75, 3.05) is 19.7 Å². The summed E-state index contributed by atoms with van der Waals surface area (Å²) in [6.07, 6.45) is 8.68. The lowest BCUT2D eigenvalue weighted by Crippen LogP contribution is -2.30. The topological polar surface area (TPSA) is 52.5 Å². The zero-order valence-electron chi connectivity index (χ0n) is 9.62. The molecule has 0 heterocycles. The Labute approximate surface area is 92.9 Å². The van der Waals surface area contributed by atoms with E-state index in [-0.39, 0.29) is 12.7 Å². The maximum absolute atomic E-state index is 9.78. The molecule has 3 heteroatoms. The van der Waals surface area contributed by atoms with Crippen LogP contribution in [-0.4, -0.2) is 36.0 Å². The Morgan fingerprint density at radius 2 is 1.80 bits per heavy atom. The highest BCUT2D eigenvalue weighted by Gasteiger charge is 2.16. The van der Waals surface area contributed by atoms with Crippen molar-refractivity contribution in [3.8, 4) is 0 Å².